The van der Waals surface area contributed by atoms with Crippen molar-refractivity contribution >= 4 is 0 Å². The van der Waals surface area contributed by atoms with Crippen LogP contribution in [0.3, 0.4) is 0 Å². The van der Waals surface area contributed by atoms with E-state index in [1.807, 2.05) is 4.68 Å². The third kappa shape index (κ3) is 3.30. The number of hydrogen-bond acceptors (Lipinski definition) is 3. The summed E-state index contributed by atoms with van der Waals surface area (Å²) in [5, 5.41) is 4.57. The van der Waals surface area contributed by atoms with Gasteiger partial charge in [-0.05, 0) is 32.3 Å². The fourth-order valence-corrected chi connectivity index (χ4v) is 2.37. The van der Waals surface area contributed by atoms with Crippen LogP contribution in [0.5, 0.6) is 0 Å². The van der Waals surface area contributed by atoms with Crippen LogP contribution in [0, 0.1) is 5.92 Å². The first-order valence-corrected chi connectivity index (χ1v) is 6.69. The van der Waals surface area contributed by atoms with Crippen LogP contribution in [-0.4, -0.2) is 15.8 Å². The molecule has 17 heavy (non-hydrogen) atoms. The Hall–Kier alpha value is -0.870. The molecule has 0 bridgehead atoms. The van der Waals surface area contributed by atoms with E-state index in [9.17, 15) is 0 Å². The van der Waals surface area contributed by atoms with Gasteiger partial charge in [0.05, 0.1) is 5.69 Å². The van der Waals surface area contributed by atoms with Crippen LogP contribution >= 0.6 is 0 Å². The van der Waals surface area contributed by atoms with Crippen LogP contribution in [0.4, 0.5) is 0 Å². The molecule has 2 rings (SSSR count). The third-order valence-electron chi connectivity index (χ3n) is 3.73. The van der Waals surface area contributed by atoms with Crippen LogP contribution in [0.2, 0.25) is 0 Å². The van der Waals surface area contributed by atoms with Gasteiger partial charge in [-0.2, -0.15) is 5.10 Å². The average molecular weight is 236 g/mol. The highest BCUT2D eigenvalue weighted by molar-refractivity contribution is 5.02. The Kier molecular flexibility index (Phi) is 4.18. The zero-order valence-electron chi connectivity index (χ0n) is 10.9. The van der Waals surface area contributed by atoms with Crippen molar-refractivity contribution in [2.24, 2.45) is 11.8 Å². The van der Waals surface area contributed by atoms with E-state index in [2.05, 4.69) is 36.6 Å². The molecule has 96 valence electrons. The minimum atomic E-state index is 0.371. The van der Waals surface area contributed by atoms with E-state index in [-0.39, 0.29) is 0 Å². The van der Waals surface area contributed by atoms with E-state index >= 15 is 0 Å². The van der Waals surface area contributed by atoms with Crippen molar-refractivity contribution in [3.05, 3.63) is 18.0 Å². The van der Waals surface area contributed by atoms with Crippen molar-refractivity contribution < 1.29 is 0 Å². The molecule has 3 N–H and O–H groups in total. The molecule has 1 saturated carbocycles. The number of nitrogens with one attached hydrogen (secondary N) is 1. The van der Waals surface area contributed by atoms with Gasteiger partial charge < -0.3 is 0 Å². The van der Waals surface area contributed by atoms with Crippen LogP contribution < -0.4 is 11.3 Å². The molecule has 1 heterocycles. The largest absolute Gasteiger partial charge is 0.271 e. The second kappa shape index (κ2) is 5.65. The molecule has 0 amide bonds. The third-order valence-corrected chi connectivity index (χ3v) is 3.73. The van der Waals surface area contributed by atoms with Gasteiger partial charge in [-0.25, -0.2) is 0 Å². The lowest BCUT2D eigenvalue weighted by molar-refractivity contribution is 0.259. The Balaban J connectivity index is 1.87. The number of hydrazine groups is 1. The molecule has 1 aromatic heterocycles. The van der Waals surface area contributed by atoms with E-state index in [1.54, 1.807) is 0 Å². The summed E-state index contributed by atoms with van der Waals surface area (Å²) in [5.41, 5.74) is 4.08. The van der Waals surface area contributed by atoms with Crippen LogP contribution in [0.1, 0.15) is 51.3 Å². The molecule has 4 heteroatoms. The average Bonchev–Trinajstić information content (AvgIpc) is 2.70. The highest BCUT2D eigenvalue weighted by Gasteiger charge is 2.22. The minimum absolute atomic E-state index is 0.371. The topological polar surface area (TPSA) is 55.9 Å². The van der Waals surface area contributed by atoms with E-state index in [0.29, 0.717) is 12.1 Å². The molecule has 1 aliphatic carbocycles. The normalized spacial score (nSPS) is 18.4. The van der Waals surface area contributed by atoms with Gasteiger partial charge >= 0.3 is 0 Å². The molecular weight excluding hydrogens is 212 g/mol. The molecule has 1 unspecified atom stereocenters. The van der Waals surface area contributed by atoms with Crippen LogP contribution in [0.25, 0.3) is 0 Å². The fraction of sp³-hybridized carbons (Fsp3) is 0.769. The molecular formula is C13H24N4. The molecule has 0 aromatic carbocycles. The molecule has 0 radical (unpaired) electrons. The molecule has 0 saturated heterocycles. The van der Waals surface area contributed by atoms with Crippen molar-refractivity contribution in [3.63, 3.8) is 0 Å². The molecule has 1 aliphatic rings. The van der Waals surface area contributed by atoms with Gasteiger partial charge in [-0.1, -0.05) is 19.3 Å². The first kappa shape index (κ1) is 12.6. The highest BCUT2D eigenvalue weighted by atomic mass is 15.3. The summed E-state index contributed by atoms with van der Waals surface area (Å²) in [6.45, 7) is 4.29. The maximum absolute atomic E-state index is 5.63. The maximum atomic E-state index is 5.63. The van der Waals surface area contributed by atoms with Gasteiger partial charge in [0.25, 0.3) is 0 Å². The van der Waals surface area contributed by atoms with Gasteiger partial charge in [0.15, 0.2) is 0 Å². The summed E-state index contributed by atoms with van der Waals surface area (Å²) in [7, 11) is 0. The van der Waals surface area contributed by atoms with Crippen molar-refractivity contribution in [1.29, 1.82) is 0 Å². The van der Waals surface area contributed by atoms with Gasteiger partial charge in [-0.3, -0.25) is 16.0 Å². The summed E-state index contributed by atoms with van der Waals surface area (Å²) >= 11 is 0. The lowest BCUT2D eigenvalue weighted by atomic mass is 9.80. The zero-order valence-corrected chi connectivity index (χ0v) is 10.9. The first-order chi connectivity index (χ1) is 8.19. The number of nitrogens with two attached hydrogens (primary N) is 1. The Bertz CT molecular complexity index is 341. The predicted octanol–water partition coefficient (Wildman–Crippen LogP) is 2.03. The Morgan fingerprint density at radius 1 is 1.53 bits per heavy atom. The van der Waals surface area contributed by atoms with E-state index < -0.39 is 0 Å². The van der Waals surface area contributed by atoms with E-state index in [1.165, 1.54) is 25.7 Å². The molecule has 4 nitrogen and oxygen atoms in total. The van der Waals surface area contributed by atoms with Gasteiger partial charge in [-0.15, -0.1) is 0 Å². The second-order valence-corrected chi connectivity index (χ2v) is 5.48. The molecule has 0 aliphatic heterocycles. The Morgan fingerprint density at radius 2 is 2.29 bits per heavy atom. The van der Waals surface area contributed by atoms with Gasteiger partial charge in [0.1, 0.15) is 0 Å². The number of hydrogen-bond donors (Lipinski definition) is 2. The lowest BCUT2D eigenvalue weighted by Gasteiger charge is -2.29. The summed E-state index contributed by atoms with van der Waals surface area (Å²) in [6.07, 6.45) is 8.32. The van der Waals surface area contributed by atoms with E-state index in [0.717, 1.165) is 18.0 Å². The quantitative estimate of drug-likeness (QED) is 0.587. The Labute approximate surface area is 104 Å². The van der Waals surface area contributed by atoms with Crippen LogP contribution in [0.15, 0.2) is 12.3 Å². The summed E-state index contributed by atoms with van der Waals surface area (Å²) in [6, 6.07) is 2.90. The predicted molar refractivity (Wildman–Crippen MR) is 69.4 cm³/mol. The summed E-state index contributed by atoms with van der Waals surface area (Å²) in [4.78, 5) is 0. The second-order valence-electron chi connectivity index (χ2n) is 5.48. The molecule has 1 atom stereocenters. The van der Waals surface area contributed by atoms with Gasteiger partial charge in [0.2, 0.25) is 0 Å². The lowest BCUT2D eigenvalue weighted by Crippen LogP contribution is -2.39. The Morgan fingerprint density at radius 3 is 2.76 bits per heavy atom. The fourth-order valence-electron chi connectivity index (χ4n) is 2.37. The van der Waals surface area contributed by atoms with Crippen molar-refractivity contribution in [3.8, 4) is 0 Å². The zero-order chi connectivity index (χ0) is 12.3. The first-order valence-electron chi connectivity index (χ1n) is 6.69. The van der Waals surface area contributed by atoms with Crippen molar-refractivity contribution in [2.75, 3.05) is 0 Å². The molecule has 1 fully saturated rings. The summed E-state index contributed by atoms with van der Waals surface area (Å²) < 4.78 is 2.01. The van der Waals surface area contributed by atoms with E-state index in [4.69, 9.17) is 5.84 Å². The molecule has 0 spiro atoms. The monoisotopic (exact) mass is 236 g/mol. The summed E-state index contributed by atoms with van der Waals surface area (Å²) in [5.74, 6) is 6.51. The minimum Gasteiger partial charge on any atom is -0.271 e. The van der Waals surface area contributed by atoms with Crippen LogP contribution in [-0.2, 0) is 6.42 Å². The number of rotatable bonds is 6. The highest BCUT2D eigenvalue weighted by Crippen LogP contribution is 2.30. The number of aromatic nitrogens is 2. The smallest absolute Gasteiger partial charge is 0.0640 e. The molecule has 1 aromatic rings. The SMILES string of the molecule is CC(C)n1ccc(CC(CC2CCC2)NN)n1. The maximum Gasteiger partial charge on any atom is 0.0640 e. The van der Waals surface area contributed by atoms with Gasteiger partial charge in [0, 0.05) is 24.7 Å². The standard InChI is InChI=1S/C13H24N4/c1-10(2)17-7-6-12(16-17)9-13(15-14)8-11-4-3-5-11/h6-7,10-11,13,15H,3-5,8-9,14H2,1-2H3. The van der Waals surface area contributed by atoms with Crippen molar-refractivity contribution in [2.45, 2.75) is 58.0 Å². The van der Waals surface area contributed by atoms with Crippen molar-refractivity contribution in [1.82, 2.24) is 15.2 Å². The number of nitrogens with zero attached hydrogens (tertiary/aromatic N) is 2.